The highest BCUT2D eigenvalue weighted by Gasteiger charge is 2.03. The van der Waals surface area contributed by atoms with Gasteiger partial charge in [-0.15, -0.1) is 35.3 Å². The number of aliphatic imine (C=N–C) groups is 1. The molecule has 2 rings (SSSR count). The van der Waals surface area contributed by atoms with Gasteiger partial charge in [0.1, 0.15) is 5.75 Å². The van der Waals surface area contributed by atoms with E-state index in [1.54, 1.807) is 25.5 Å². The van der Waals surface area contributed by atoms with Crippen LogP contribution in [0.25, 0.3) is 0 Å². The van der Waals surface area contributed by atoms with Crippen LogP contribution in [-0.4, -0.2) is 20.1 Å². The summed E-state index contributed by atoms with van der Waals surface area (Å²) in [7, 11) is 3.48. The van der Waals surface area contributed by atoms with E-state index in [4.69, 9.17) is 4.74 Å². The predicted molar refractivity (Wildman–Crippen MR) is 109 cm³/mol. The molecule has 0 aliphatic heterocycles. The van der Waals surface area contributed by atoms with Crippen LogP contribution in [0.2, 0.25) is 0 Å². The normalized spacial score (nSPS) is 10.9. The van der Waals surface area contributed by atoms with Crippen molar-refractivity contribution in [3.8, 4) is 5.75 Å². The third kappa shape index (κ3) is 6.02. The van der Waals surface area contributed by atoms with Crippen LogP contribution in [0, 0.1) is 13.8 Å². The molecule has 0 radical (unpaired) electrons. The molecule has 1 aromatic carbocycles. The minimum Gasteiger partial charge on any atom is -0.496 e. The Labute approximate surface area is 159 Å². The second-order valence-corrected chi connectivity index (χ2v) is 6.47. The number of methoxy groups -OCH3 is 1. The van der Waals surface area contributed by atoms with E-state index in [0.717, 1.165) is 30.4 Å². The van der Waals surface area contributed by atoms with Crippen molar-refractivity contribution in [1.82, 2.24) is 10.6 Å². The zero-order valence-electron chi connectivity index (χ0n) is 14.0. The predicted octanol–water partition coefficient (Wildman–Crippen LogP) is 3.86. The highest BCUT2D eigenvalue weighted by Crippen LogP contribution is 2.18. The van der Waals surface area contributed by atoms with Crippen molar-refractivity contribution in [2.75, 3.05) is 14.2 Å². The molecule has 6 heteroatoms. The molecule has 2 aromatic rings. The molecule has 2 N–H and O–H groups in total. The molecule has 0 spiro atoms. The monoisotopic (exact) mass is 445 g/mol. The Morgan fingerprint density at radius 2 is 1.87 bits per heavy atom. The first-order valence-corrected chi connectivity index (χ1v) is 8.07. The van der Waals surface area contributed by atoms with Gasteiger partial charge in [-0.2, -0.15) is 0 Å². The van der Waals surface area contributed by atoms with Gasteiger partial charge >= 0.3 is 0 Å². The summed E-state index contributed by atoms with van der Waals surface area (Å²) in [5.74, 6) is 1.72. The molecule has 0 atom stereocenters. The highest BCUT2D eigenvalue weighted by atomic mass is 127. The van der Waals surface area contributed by atoms with Crippen LogP contribution < -0.4 is 15.4 Å². The second-order valence-electron chi connectivity index (χ2n) is 5.10. The number of benzene rings is 1. The number of hydrogen-bond donors (Lipinski definition) is 2. The summed E-state index contributed by atoms with van der Waals surface area (Å²) in [6.07, 6.45) is 0. The van der Waals surface area contributed by atoms with Gasteiger partial charge in [0.25, 0.3) is 0 Å². The highest BCUT2D eigenvalue weighted by molar-refractivity contribution is 14.0. The van der Waals surface area contributed by atoms with Crippen molar-refractivity contribution in [2.24, 2.45) is 4.99 Å². The Kier molecular flexibility index (Phi) is 8.40. The van der Waals surface area contributed by atoms with E-state index in [2.05, 4.69) is 53.7 Å². The number of hydrogen-bond acceptors (Lipinski definition) is 3. The Bertz CT molecular complexity index is 655. The Balaban J connectivity index is 0.00000264. The second kappa shape index (κ2) is 9.77. The molecule has 0 fully saturated rings. The summed E-state index contributed by atoms with van der Waals surface area (Å²) in [6.45, 7) is 5.69. The number of nitrogens with one attached hydrogen (secondary N) is 2. The van der Waals surface area contributed by atoms with Gasteiger partial charge in [0.2, 0.25) is 0 Å². The molecule has 0 aliphatic rings. The summed E-state index contributed by atoms with van der Waals surface area (Å²) >= 11 is 1.80. The van der Waals surface area contributed by atoms with Crippen LogP contribution in [0.1, 0.15) is 20.9 Å². The van der Waals surface area contributed by atoms with E-state index in [1.165, 1.54) is 15.3 Å². The van der Waals surface area contributed by atoms with Crippen molar-refractivity contribution in [1.29, 1.82) is 0 Å². The number of guanidine groups is 1. The van der Waals surface area contributed by atoms with Crippen molar-refractivity contribution >= 4 is 41.3 Å². The molecule has 0 saturated heterocycles. The maximum atomic E-state index is 5.28. The Morgan fingerprint density at radius 1 is 1.13 bits per heavy atom. The Hall–Kier alpha value is -1.28. The number of aryl methyl sites for hydroxylation is 2. The molecule has 0 unspecified atom stereocenters. The van der Waals surface area contributed by atoms with Crippen molar-refractivity contribution in [3.05, 3.63) is 51.2 Å². The lowest BCUT2D eigenvalue weighted by atomic mass is 10.1. The smallest absolute Gasteiger partial charge is 0.191 e. The molecule has 0 amide bonds. The summed E-state index contributed by atoms with van der Waals surface area (Å²) in [4.78, 5) is 6.89. The lowest BCUT2D eigenvalue weighted by Gasteiger charge is -2.12. The van der Waals surface area contributed by atoms with Gasteiger partial charge in [0.05, 0.1) is 13.7 Å². The topological polar surface area (TPSA) is 45.7 Å². The van der Waals surface area contributed by atoms with Crippen LogP contribution >= 0.6 is 35.3 Å². The third-order valence-electron chi connectivity index (χ3n) is 3.37. The van der Waals surface area contributed by atoms with E-state index in [-0.39, 0.29) is 24.0 Å². The molecule has 1 heterocycles. The third-order valence-corrected chi connectivity index (χ3v) is 4.37. The summed E-state index contributed by atoms with van der Waals surface area (Å²) in [5, 5.41) is 6.66. The van der Waals surface area contributed by atoms with E-state index in [9.17, 15) is 0 Å². The van der Waals surface area contributed by atoms with E-state index < -0.39 is 0 Å². The van der Waals surface area contributed by atoms with Gasteiger partial charge in [-0.1, -0.05) is 12.1 Å². The number of ether oxygens (including phenoxy) is 1. The SMILES string of the molecule is CN=C(NCc1ccc(OC)c(C)c1)NCc1ccc(C)s1.I. The maximum Gasteiger partial charge on any atom is 0.191 e. The van der Waals surface area contributed by atoms with Crippen LogP contribution in [0.4, 0.5) is 0 Å². The first-order valence-electron chi connectivity index (χ1n) is 7.25. The van der Waals surface area contributed by atoms with Crippen LogP contribution in [0.5, 0.6) is 5.75 Å². The van der Waals surface area contributed by atoms with E-state index in [1.807, 2.05) is 6.07 Å². The molecule has 1 aromatic heterocycles. The van der Waals surface area contributed by atoms with Gasteiger partial charge in [0.15, 0.2) is 5.96 Å². The number of halogens is 1. The number of rotatable bonds is 5. The van der Waals surface area contributed by atoms with Gasteiger partial charge in [-0.3, -0.25) is 4.99 Å². The minimum absolute atomic E-state index is 0. The number of nitrogens with zero attached hydrogens (tertiary/aromatic N) is 1. The quantitative estimate of drug-likeness (QED) is 0.418. The van der Waals surface area contributed by atoms with Gasteiger partial charge in [-0.25, -0.2) is 0 Å². The fourth-order valence-corrected chi connectivity index (χ4v) is 3.04. The average molecular weight is 445 g/mol. The van der Waals surface area contributed by atoms with Gasteiger partial charge < -0.3 is 15.4 Å². The summed E-state index contributed by atoms with van der Waals surface area (Å²) in [6, 6.07) is 10.5. The molecule has 23 heavy (non-hydrogen) atoms. The van der Waals surface area contributed by atoms with Crippen molar-refractivity contribution < 1.29 is 4.74 Å². The average Bonchev–Trinajstić information content (AvgIpc) is 2.93. The van der Waals surface area contributed by atoms with Crippen LogP contribution in [0.15, 0.2) is 35.3 Å². The standard InChI is InChI=1S/C17H23N3OS.HI/c1-12-9-14(6-8-16(12)21-4)10-19-17(18-3)20-11-15-7-5-13(2)22-15;/h5-9H,10-11H2,1-4H3,(H2,18,19,20);1H. The van der Waals surface area contributed by atoms with Crippen LogP contribution in [0.3, 0.4) is 0 Å². The largest absolute Gasteiger partial charge is 0.496 e. The van der Waals surface area contributed by atoms with Crippen LogP contribution in [-0.2, 0) is 13.1 Å². The molecule has 0 aliphatic carbocycles. The fraction of sp³-hybridized carbons (Fsp3) is 0.353. The van der Waals surface area contributed by atoms with E-state index >= 15 is 0 Å². The molecule has 4 nitrogen and oxygen atoms in total. The minimum atomic E-state index is 0. The lowest BCUT2D eigenvalue weighted by Crippen LogP contribution is -2.36. The van der Waals surface area contributed by atoms with Gasteiger partial charge in [-0.05, 0) is 43.2 Å². The Morgan fingerprint density at radius 3 is 2.43 bits per heavy atom. The zero-order valence-corrected chi connectivity index (χ0v) is 17.1. The maximum absolute atomic E-state index is 5.28. The van der Waals surface area contributed by atoms with E-state index in [0.29, 0.717) is 0 Å². The van der Waals surface area contributed by atoms with Crippen molar-refractivity contribution in [3.63, 3.8) is 0 Å². The lowest BCUT2D eigenvalue weighted by molar-refractivity contribution is 0.411. The summed E-state index contributed by atoms with van der Waals surface area (Å²) in [5.41, 5.74) is 2.34. The number of thiophene rings is 1. The molecule has 0 bridgehead atoms. The first-order chi connectivity index (χ1) is 10.6. The van der Waals surface area contributed by atoms with Crippen molar-refractivity contribution in [2.45, 2.75) is 26.9 Å². The molecule has 126 valence electrons. The fourth-order valence-electron chi connectivity index (χ4n) is 2.21. The molecular weight excluding hydrogens is 421 g/mol. The molecule has 0 saturated carbocycles. The van der Waals surface area contributed by atoms with Gasteiger partial charge in [0, 0.05) is 23.3 Å². The summed E-state index contributed by atoms with van der Waals surface area (Å²) < 4.78 is 5.28. The molecular formula is C17H24IN3OS. The first kappa shape index (κ1) is 19.8. The zero-order chi connectivity index (χ0) is 15.9.